The second kappa shape index (κ2) is 7.10. The number of para-hydroxylation sites is 1. The molecule has 3 aromatic rings. The van der Waals surface area contributed by atoms with Crippen molar-refractivity contribution in [3.05, 3.63) is 69.6 Å². The normalized spacial score (nSPS) is 20.7. The van der Waals surface area contributed by atoms with Crippen molar-refractivity contribution in [2.75, 3.05) is 6.54 Å². The zero-order valence-corrected chi connectivity index (χ0v) is 17.2. The number of hydrogen-bond acceptors (Lipinski definition) is 4. The van der Waals surface area contributed by atoms with Crippen molar-refractivity contribution in [3.8, 4) is 0 Å². The summed E-state index contributed by atoms with van der Waals surface area (Å²) in [5, 5.41) is 0.918. The van der Waals surface area contributed by atoms with Crippen molar-refractivity contribution in [2.24, 2.45) is 0 Å². The highest BCUT2D eigenvalue weighted by Gasteiger charge is 2.37. The monoisotopic (exact) mass is 410 g/mol. The smallest absolute Gasteiger partial charge is 0.239 e. The van der Waals surface area contributed by atoms with Crippen LogP contribution in [-0.4, -0.2) is 24.3 Å². The van der Waals surface area contributed by atoms with Gasteiger partial charge in [0.25, 0.3) is 0 Å². The highest BCUT2D eigenvalue weighted by Crippen LogP contribution is 2.40. The SMILES string of the molecule is O=S(=O)(C1=Cc2ccccc2CC1)N1CCCC[C@@H]1c1nc2ccccc2s1. The minimum absolute atomic E-state index is 0.158. The summed E-state index contributed by atoms with van der Waals surface area (Å²) in [6.07, 6.45) is 6.00. The first-order valence-electron chi connectivity index (χ1n) is 9.79. The molecule has 0 bridgehead atoms. The Morgan fingerprint density at radius 1 is 1.00 bits per heavy atom. The van der Waals surface area contributed by atoms with Gasteiger partial charge in [-0.25, -0.2) is 13.4 Å². The number of nitrogens with zero attached hydrogens (tertiary/aromatic N) is 2. The molecule has 1 aliphatic carbocycles. The van der Waals surface area contributed by atoms with Crippen LogP contribution in [0.4, 0.5) is 0 Å². The first kappa shape index (κ1) is 18.0. The largest absolute Gasteiger partial charge is 0.239 e. The predicted molar refractivity (Wildman–Crippen MR) is 115 cm³/mol. The summed E-state index contributed by atoms with van der Waals surface area (Å²) in [5.41, 5.74) is 3.21. The van der Waals surface area contributed by atoms with Gasteiger partial charge in [0.1, 0.15) is 5.01 Å². The van der Waals surface area contributed by atoms with Crippen LogP contribution in [0.5, 0.6) is 0 Å². The number of hydrogen-bond donors (Lipinski definition) is 0. The molecule has 5 rings (SSSR count). The Morgan fingerprint density at radius 2 is 1.82 bits per heavy atom. The number of aromatic nitrogens is 1. The average molecular weight is 411 g/mol. The standard InChI is InChI=1S/C22H22N2O2S2/c25-28(26,18-13-12-16-7-1-2-8-17(16)15-18)24-14-6-5-10-20(24)22-23-19-9-3-4-11-21(19)27-22/h1-4,7-9,11,15,20H,5-6,10,12-14H2/t20-/m1/s1. The molecule has 144 valence electrons. The summed E-state index contributed by atoms with van der Waals surface area (Å²) in [7, 11) is -3.50. The number of piperidine rings is 1. The number of thiazole rings is 1. The molecular formula is C22H22N2O2S2. The van der Waals surface area contributed by atoms with Gasteiger partial charge in [0, 0.05) is 6.54 Å². The van der Waals surface area contributed by atoms with Crippen LogP contribution < -0.4 is 0 Å². The molecule has 0 amide bonds. The van der Waals surface area contributed by atoms with E-state index in [9.17, 15) is 8.42 Å². The molecule has 2 aliphatic rings. The molecule has 0 radical (unpaired) electrons. The minimum atomic E-state index is -3.50. The van der Waals surface area contributed by atoms with Crippen LogP contribution in [0.15, 0.2) is 53.4 Å². The third-order valence-electron chi connectivity index (χ3n) is 5.70. The topological polar surface area (TPSA) is 50.3 Å². The number of sulfonamides is 1. The van der Waals surface area contributed by atoms with Gasteiger partial charge in [-0.3, -0.25) is 0 Å². The van der Waals surface area contributed by atoms with E-state index in [0.29, 0.717) is 17.9 Å². The molecule has 4 nitrogen and oxygen atoms in total. The van der Waals surface area contributed by atoms with E-state index >= 15 is 0 Å². The van der Waals surface area contributed by atoms with Gasteiger partial charge in [0.15, 0.2) is 0 Å². The highest BCUT2D eigenvalue weighted by molar-refractivity contribution is 7.93. The Kier molecular flexibility index (Phi) is 4.57. The van der Waals surface area contributed by atoms with Gasteiger partial charge in [-0.15, -0.1) is 11.3 Å². The Bertz CT molecular complexity index is 1130. The van der Waals surface area contributed by atoms with Gasteiger partial charge in [-0.1, -0.05) is 42.8 Å². The first-order valence-corrected chi connectivity index (χ1v) is 12.0. The van der Waals surface area contributed by atoms with Crippen LogP contribution in [0.3, 0.4) is 0 Å². The summed E-state index contributed by atoms with van der Waals surface area (Å²) < 4.78 is 30.0. The molecule has 2 heterocycles. The molecule has 2 aromatic carbocycles. The maximum absolute atomic E-state index is 13.6. The van der Waals surface area contributed by atoms with Gasteiger partial charge in [-0.05, 0) is 55.0 Å². The first-order chi connectivity index (χ1) is 13.6. The van der Waals surface area contributed by atoms with Crippen molar-refractivity contribution in [1.29, 1.82) is 0 Å². The molecule has 1 saturated heterocycles. The fourth-order valence-electron chi connectivity index (χ4n) is 4.23. The quantitative estimate of drug-likeness (QED) is 0.601. The number of benzene rings is 2. The van der Waals surface area contributed by atoms with Gasteiger partial charge in [0.2, 0.25) is 10.0 Å². The second-order valence-corrected chi connectivity index (χ2v) is 10.5. The maximum atomic E-state index is 13.6. The Labute approximate surface area is 169 Å². The maximum Gasteiger partial charge on any atom is 0.239 e. The van der Waals surface area contributed by atoms with E-state index in [1.54, 1.807) is 15.6 Å². The molecule has 0 saturated carbocycles. The van der Waals surface area contributed by atoms with Gasteiger partial charge < -0.3 is 0 Å². The fourth-order valence-corrected chi connectivity index (χ4v) is 7.26. The molecule has 0 N–H and O–H groups in total. The van der Waals surface area contributed by atoms with Crippen molar-refractivity contribution in [1.82, 2.24) is 9.29 Å². The molecule has 0 spiro atoms. The second-order valence-electron chi connectivity index (χ2n) is 7.46. The molecule has 1 aliphatic heterocycles. The lowest BCUT2D eigenvalue weighted by molar-refractivity contribution is 0.257. The van der Waals surface area contributed by atoms with Gasteiger partial charge >= 0.3 is 0 Å². The molecule has 0 unspecified atom stereocenters. The lowest BCUT2D eigenvalue weighted by Gasteiger charge is -2.34. The zero-order valence-electron chi connectivity index (χ0n) is 15.5. The Hall–Kier alpha value is -2.02. The van der Waals surface area contributed by atoms with E-state index in [2.05, 4.69) is 12.1 Å². The molecule has 1 fully saturated rings. The van der Waals surface area contributed by atoms with Crippen molar-refractivity contribution < 1.29 is 8.42 Å². The summed E-state index contributed by atoms with van der Waals surface area (Å²) >= 11 is 1.62. The van der Waals surface area contributed by atoms with E-state index < -0.39 is 10.0 Å². The molecule has 28 heavy (non-hydrogen) atoms. The van der Waals surface area contributed by atoms with Crippen molar-refractivity contribution in [2.45, 2.75) is 38.1 Å². The summed E-state index contributed by atoms with van der Waals surface area (Å²) in [4.78, 5) is 5.32. The van der Waals surface area contributed by atoms with Crippen LogP contribution in [0, 0.1) is 0 Å². The van der Waals surface area contributed by atoms with Crippen LogP contribution >= 0.6 is 11.3 Å². The van der Waals surface area contributed by atoms with Crippen LogP contribution in [0.25, 0.3) is 16.3 Å². The van der Waals surface area contributed by atoms with E-state index in [0.717, 1.165) is 46.5 Å². The van der Waals surface area contributed by atoms with Crippen LogP contribution in [0.1, 0.15) is 47.9 Å². The average Bonchev–Trinajstić information content (AvgIpc) is 3.17. The number of fused-ring (bicyclic) bond motifs is 2. The third-order valence-corrected chi connectivity index (χ3v) is 8.88. The summed E-state index contributed by atoms with van der Waals surface area (Å²) in [5.74, 6) is 0. The molecular weight excluding hydrogens is 388 g/mol. The van der Waals surface area contributed by atoms with E-state index in [-0.39, 0.29) is 6.04 Å². The van der Waals surface area contributed by atoms with Crippen LogP contribution in [-0.2, 0) is 16.4 Å². The number of allylic oxidation sites excluding steroid dienone is 1. The Balaban J connectivity index is 1.53. The van der Waals surface area contributed by atoms with Crippen molar-refractivity contribution in [3.63, 3.8) is 0 Å². The minimum Gasteiger partial charge on any atom is -0.239 e. The fraction of sp³-hybridized carbons (Fsp3) is 0.318. The predicted octanol–water partition coefficient (Wildman–Crippen LogP) is 5.14. The lowest BCUT2D eigenvalue weighted by Crippen LogP contribution is -2.39. The highest BCUT2D eigenvalue weighted by atomic mass is 32.2. The third kappa shape index (κ3) is 3.09. The van der Waals surface area contributed by atoms with Gasteiger partial charge in [0.05, 0.1) is 21.2 Å². The molecule has 1 atom stereocenters. The van der Waals surface area contributed by atoms with E-state index in [4.69, 9.17) is 4.98 Å². The van der Waals surface area contributed by atoms with Crippen LogP contribution in [0.2, 0.25) is 0 Å². The van der Waals surface area contributed by atoms with Gasteiger partial charge in [-0.2, -0.15) is 4.31 Å². The summed E-state index contributed by atoms with van der Waals surface area (Å²) in [6.45, 7) is 0.571. The lowest BCUT2D eigenvalue weighted by atomic mass is 9.98. The zero-order chi connectivity index (χ0) is 19.1. The van der Waals surface area contributed by atoms with Crippen molar-refractivity contribution >= 4 is 37.7 Å². The summed E-state index contributed by atoms with van der Waals surface area (Å²) in [6, 6.07) is 15.9. The van der Waals surface area contributed by atoms with E-state index in [1.807, 2.05) is 42.5 Å². The van der Waals surface area contributed by atoms with E-state index in [1.165, 1.54) is 5.56 Å². The molecule has 1 aromatic heterocycles. The number of aryl methyl sites for hydroxylation is 1. The molecule has 6 heteroatoms. The number of rotatable bonds is 3. The Morgan fingerprint density at radius 3 is 2.71 bits per heavy atom.